The number of methoxy groups -OCH3 is 1. The van der Waals surface area contributed by atoms with Gasteiger partial charge in [-0.1, -0.05) is 42.5 Å². The standard InChI is InChI=1S/C31H31N3O6S2/c1-3-40-31(36)28-25-17-18-34(19-21-9-5-4-6-10-21)20-27(25)41-30(28)32-29(35)24-11-7-8-12-26(24)33-42(37,38)23-15-13-22(39-2)14-16-23/h4-16,33H,3,17-20H2,1-2H3,(H,32,35). The van der Waals surface area contributed by atoms with E-state index in [4.69, 9.17) is 9.47 Å². The summed E-state index contributed by atoms with van der Waals surface area (Å²) in [7, 11) is -2.50. The van der Waals surface area contributed by atoms with Crippen LogP contribution in [0.3, 0.4) is 0 Å². The van der Waals surface area contributed by atoms with E-state index < -0.39 is 21.9 Å². The topological polar surface area (TPSA) is 114 Å². The molecule has 1 amide bonds. The predicted octanol–water partition coefficient (Wildman–Crippen LogP) is 5.54. The highest BCUT2D eigenvalue weighted by Crippen LogP contribution is 2.38. The lowest BCUT2D eigenvalue weighted by Gasteiger charge is -2.27. The first-order valence-corrected chi connectivity index (χ1v) is 15.7. The number of hydrogen-bond donors (Lipinski definition) is 2. The molecule has 0 fully saturated rings. The summed E-state index contributed by atoms with van der Waals surface area (Å²) in [6.07, 6.45) is 0.640. The summed E-state index contributed by atoms with van der Waals surface area (Å²) in [5.74, 6) is -0.517. The Hall–Kier alpha value is -4.19. The third-order valence-corrected chi connectivity index (χ3v) is 9.39. The van der Waals surface area contributed by atoms with Crippen LogP contribution in [0.25, 0.3) is 0 Å². The van der Waals surface area contributed by atoms with Crippen molar-refractivity contribution in [3.8, 4) is 5.75 Å². The highest BCUT2D eigenvalue weighted by Gasteiger charge is 2.30. The van der Waals surface area contributed by atoms with Gasteiger partial charge < -0.3 is 14.8 Å². The molecule has 1 aliphatic heterocycles. The minimum Gasteiger partial charge on any atom is -0.497 e. The van der Waals surface area contributed by atoms with Crippen LogP contribution < -0.4 is 14.8 Å². The number of anilines is 2. The molecule has 2 heterocycles. The number of sulfonamides is 1. The summed E-state index contributed by atoms with van der Waals surface area (Å²) < 4.78 is 39.2. The van der Waals surface area contributed by atoms with Crippen molar-refractivity contribution in [2.24, 2.45) is 0 Å². The van der Waals surface area contributed by atoms with Crippen LogP contribution in [0.1, 0.15) is 43.6 Å². The maximum absolute atomic E-state index is 13.6. The Labute approximate surface area is 249 Å². The Kier molecular flexibility index (Phi) is 8.91. The minimum atomic E-state index is -3.99. The molecule has 218 valence electrons. The number of nitrogens with zero attached hydrogens (tertiary/aromatic N) is 1. The number of esters is 1. The van der Waals surface area contributed by atoms with E-state index in [1.807, 2.05) is 18.2 Å². The lowest BCUT2D eigenvalue weighted by molar-refractivity contribution is 0.0526. The summed E-state index contributed by atoms with van der Waals surface area (Å²) in [5.41, 5.74) is 2.66. The molecule has 0 saturated heterocycles. The van der Waals surface area contributed by atoms with E-state index in [1.54, 1.807) is 31.2 Å². The zero-order valence-electron chi connectivity index (χ0n) is 23.3. The van der Waals surface area contributed by atoms with Gasteiger partial charge in [0.2, 0.25) is 0 Å². The zero-order chi connectivity index (χ0) is 29.7. The van der Waals surface area contributed by atoms with Crippen molar-refractivity contribution in [2.75, 3.05) is 30.3 Å². The average Bonchev–Trinajstić information content (AvgIpc) is 3.35. The number of para-hydroxylation sites is 1. The van der Waals surface area contributed by atoms with Gasteiger partial charge in [-0.05, 0) is 60.9 Å². The molecule has 1 aliphatic rings. The molecule has 0 unspecified atom stereocenters. The van der Waals surface area contributed by atoms with Crippen LogP contribution in [0, 0.1) is 0 Å². The third kappa shape index (κ3) is 6.48. The molecule has 9 nitrogen and oxygen atoms in total. The van der Waals surface area contributed by atoms with E-state index >= 15 is 0 Å². The largest absolute Gasteiger partial charge is 0.497 e. The summed E-state index contributed by atoms with van der Waals surface area (Å²) in [6, 6.07) is 22.4. The smallest absolute Gasteiger partial charge is 0.341 e. The second kappa shape index (κ2) is 12.8. The molecule has 1 aromatic heterocycles. The number of rotatable bonds is 10. The van der Waals surface area contributed by atoms with E-state index in [-0.39, 0.29) is 22.8 Å². The van der Waals surface area contributed by atoms with Crippen molar-refractivity contribution in [1.82, 2.24) is 4.90 Å². The molecule has 3 aromatic carbocycles. The molecule has 42 heavy (non-hydrogen) atoms. The van der Waals surface area contributed by atoms with Crippen LogP contribution in [0.5, 0.6) is 5.75 Å². The number of fused-ring (bicyclic) bond motifs is 1. The van der Waals surface area contributed by atoms with Gasteiger partial charge in [0.05, 0.1) is 35.4 Å². The average molecular weight is 606 g/mol. The van der Waals surface area contributed by atoms with Crippen LogP contribution >= 0.6 is 11.3 Å². The zero-order valence-corrected chi connectivity index (χ0v) is 24.9. The fourth-order valence-corrected chi connectivity index (χ4v) is 7.19. The van der Waals surface area contributed by atoms with Gasteiger partial charge in [-0.15, -0.1) is 11.3 Å². The number of hydrogen-bond acceptors (Lipinski definition) is 8. The molecular weight excluding hydrogens is 574 g/mol. The van der Waals surface area contributed by atoms with E-state index in [9.17, 15) is 18.0 Å². The number of thiophene rings is 1. The van der Waals surface area contributed by atoms with E-state index in [2.05, 4.69) is 27.1 Å². The second-order valence-electron chi connectivity index (χ2n) is 9.66. The Morgan fingerprint density at radius 3 is 2.40 bits per heavy atom. The quantitative estimate of drug-likeness (QED) is 0.228. The fraction of sp³-hybridized carbons (Fsp3) is 0.226. The van der Waals surface area contributed by atoms with Crippen molar-refractivity contribution in [3.63, 3.8) is 0 Å². The Bertz CT molecular complexity index is 1690. The van der Waals surface area contributed by atoms with Gasteiger partial charge in [0.1, 0.15) is 10.8 Å². The third-order valence-electron chi connectivity index (χ3n) is 6.88. The minimum absolute atomic E-state index is 0.0223. The summed E-state index contributed by atoms with van der Waals surface area (Å²) in [5, 5.41) is 3.26. The number of ether oxygens (including phenoxy) is 2. The molecule has 0 spiro atoms. The SMILES string of the molecule is CCOC(=O)c1c(NC(=O)c2ccccc2NS(=O)(=O)c2ccc(OC)cc2)sc2c1CCN(Cc1ccccc1)C2. The molecule has 4 aromatic rings. The monoisotopic (exact) mass is 605 g/mol. The number of amides is 1. The number of nitrogens with one attached hydrogen (secondary N) is 2. The molecule has 0 atom stereocenters. The molecule has 2 N–H and O–H groups in total. The Morgan fingerprint density at radius 1 is 0.976 bits per heavy atom. The van der Waals surface area contributed by atoms with E-state index in [0.29, 0.717) is 29.3 Å². The predicted molar refractivity (Wildman–Crippen MR) is 163 cm³/mol. The summed E-state index contributed by atoms with van der Waals surface area (Å²) >= 11 is 1.35. The highest BCUT2D eigenvalue weighted by molar-refractivity contribution is 7.92. The Balaban J connectivity index is 1.40. The van der Waals surface area contributed by atoms with E-state index in [0.717, 1.165) is 23.5 Å². The van der Waals surface area contributed by atoms with Crippen molar-refractivity contribution in [3.05, 3.63) is 106 Å². The molecule has 0 radical (unpaired) electrons. The number of carbonyl (C=O) groups is 2. The van der Waals surface area contributed by atoms with Crippen LogP contribution in [0.4, 0.5) is 10.7 Å². The van der Waals surface area contributed by atoms with Gasteiger partial charge in [-0.2, -0.15) is 0 Å². The molecule has 11 heteroatoms. The van der Waals surface area contributed by atoms with Gasteiger partial charge >= 0.3 is 5.97 Å². The van der Waals surface area contributed by atoms with Gasteiger partial charge in [-0.3, -0.25) is 14.4 Å². The van der Waals surface area contributed by atoms with Crippen LogP contribution in [0.2, 0.25) is 0 Å². The summed E-state index contributed by atoms with van der Waals surface area (Å²) in [4.78, 5) is 30.0. The normalized spacial score (nSPS) is 13.2. The van der Waals surface area contributed by atoms with Gasteiger partial charge in [0, 0.05) is 24.5 Å². The van der Waals surface area contributed by atoms with Crippen LogP contribution in [0.15, 0.2) is 83.8 Å². The first kappa shape index (κ1) is 29.3. The van der Waals surface area contributed by atoms with Crippen LogP contribution in [-0.4, -0.2) is 45.5 Å². The maximum Gasteiger partial charge on any atom is 0.341 e. The molecule has 5 rings (SSSR count). The van der Waals surface area contributed by atoms with Crippen molar-refractivity contribution >= 4 is 43.9 Å². The lowest BCUT2D eigenvalue weighted by Crippen LogP contribution is -2.30. The lowest BCUT2D eigenvalue weighted by atomic mass is 10.0. The molecule has 0 aliphatic carbocycles. The van der Waals surface area contributed by atoms with E-state index in [1.165, 1.54) is 48.3 Å². The maximum atomic E-state index is 13.6. The highest BCUT2D eigenvalue weighted by atomic mass is 32.2. The van der Waals surface area contributed by atoms with Crippen molar-refractivity contribution < 1.29 is 27.5 Å². The molecule has 0 bridgehead atoms. The first-order chi connectivity index (χ1) is 20.3. The number of benzene rings is 3. The van der Waals surface area contributed by atoms with Crippen molar-refractivity contribution in [1.29, 1.82) is 0 Å². The van der Waals surface area contributed by atoms with Gasteiger partial charge in [0.15, 0.2) is 0 Å². The second-order valence-corrected chi connectivity index (χ2v) is 12.4. The van der Waals surface area contributed by atoms with Crippen LogP contribution in [-0.2, 0) is 34.3 Å². The molecule has 0 saturated carbocycles. The number of carbonyl (C=O) groups excluding carboxylic acids is 2. The fourth-order valence-electron chi connectivity index (χ4n) is 4.84. The van der Waals surface area contributed by atoms with Crippen molar-refractivity contribution in [2.45, 2.75) is 31.3 Å². The van der Waals surface area contributed by atoms with Gasteiger partial charge in [-0.25, -0.2) is 13.2 Å². The first-order valence-electron chi connectivity index (χ1n) is 13.4. The molecular formula is C31H31N3O6S2. The Morgan fingerprint density at radius 2 is 1.69 bits per heavy atom. The van der Waals surface area contributed by atoms with Gasteiger partial charge in [0.25, 0.3) is 15.9 Å². The summed E-state index contributed by atoms with van der Waals surface area (Å²) in [6.45, 7) is 4.11.